The second kappa shape index (κ2) is 6.13. The minimum Gasteiger partial charge on any atom is -0.322 e. The Labute approximate surface area is 145 Å². The van der Waals surface area contributed by atoms with Crippen LogP contribution in [-0.4, -0.2) is 17.1 Å². The van der Waals surface area contributed by atoms with Crippen molar-refractivity contribution < 1.29 is 4.79 Å². The summed E-state index contributed by atoms with van der Waals surface area (Å²) < 4.78 is 0. The predicted molar refractivity (Wildman–Crippen MR) is 98.7 cm³/mol. The minimum atomic E-state index is -0.108. The van der Waals surface area contributed by atoms with E-state index in [1.165, 1.54) is 34.0 Å². The zero-order valence-corrected chi connectivity index (χ0v) is 14.1. The molecule has 1 aliphatic carbocycles. The molecular formula is C20H16N2OS. The molecule has 0 saturated heterocycles. The lowest BCUT2D eigenvalue weighted by Gasteiger charge is -2.08. The number of amides is 1. The predicted octanol–water partition coefficient (Wildman–Crippen LogP) is 4.63. The fraction of sp³-hybridized carbons (Fsp3) is 0.100. The van der Waals surface area contributed by atoms with E-state index in [9.17, 15) is 4.79 Å². The van der Waals surface area contributed by atoms with E-state index < -0.39 is 0 Å². The number of fused-ring (bicyclic) bond motifs is 3. The Kier molecular flexibility index (Phi) is 3.82. The SMILES string of the molecule is CSc1cc(C(=O)Nc2ccc3c(c2)Cc2ccccc2-3)ccn1. The topological polar surface area (TPSA) is 42.0 Å². The molecule has 1 N–H and O–H groups in total. The fourth-order valence-corrected chi connectivity index (χ4v) is 3.50. The summed E-state index contributed by atoms with van der Waals surface area (Å²) in [7, 11) is 0. The van der Waals surface area contributed by atoms with Crippen LogP contribution in [0.5, 0.6) is 0 Å². The van der Waals surface area contributed by atoms with Crippen molar-refractivity contribution in [3.63, 3.8) is 0 Å². The Morgan fingerprint density at radius 1 is 1.04 bits per heavy atom. The highest BCUT2D eigenvalue weighted by molar-refractivity contribution is 7.98. The first kappa shape index (κ1) is 15.0. The van der Waals surface area contributed by atoms with Crippen molar-refractivity contribution in [2.45, 2.75) is 11.4 Å². The van der Waals surface area contributed by atoms with E-state index in [0.717, 1.165) is 17.1 Å². The number of pyridine rings is 1. The van der Waals surface area contributed by atoms with Gasteiger partial charge >= 0.3 is 0 Å². The zero-order valence-electron chi connectivity index (χ0n) is 13.2. The average Bonchev–Trinajstić information content (AvgIpc) is 2.99. The van der Waals surface area contributed by atoms with E-state index in [0.29, 0.717) is 5.56 Å². The quantitative estimate of drug-likeness (QED) is 0.556. The number of carbonyl (C=O) groups excluding carboxylic acids is 1. The van der Waals surface area contributed by atoms with Gasteiger partial charge in [0.1, 0.15) is 0 Å². The van der Waals surface area contributed by atoms with E-state index in [1.807, 2.05) is 18.4 Å². The first-order valence-electron chi connectivity index (χ1n) is 7.77. The van der Waals surface area contributed by atoms with Crippen molar-refractivity contribution in [3.05, 3.63) is 77.5 Å². The van der Waals surface area contributed by atoms with Crippen LogP contribution < -0.4 is 5.32 Å². The van der Waals surface area contributed by atoms with Crippen molar-refractivity contribution >= 4 is 23.4 Å². The van der Waals surface area contributed by atoms with Crippen molar-refractivity contribution in [1.82, 2.24) is 4.98 Å². The Morgan fingerprint density at radius 2 is 1.88 bits per heavy atom. The Morgan fingerprint density at radius 3 is 2.75 bits per heavy atom. The molecule has 0 fully saturated rings. The second-order valence-electron chi connectivity index (χ2n) is 5.75. The molecule has 3 nitrogen and oxygen atoms in total. The summed E-state index contributed by atoms with van der Waals surface area (Å²) in [4.78, 5) is 16.7. The highest BCUT2D eigenvalue weighted by Gasteiger charge is 2.18. The summed E-state index contributed by atoms with van der Waals surface area (Å²) in [5.41, 5.74) is 6.61. The van der Waals surface area contributed by atoms with Crippen LogP contribution in [0.15, 0.2) is 65.8 Å². The van der Waals surface area contributed by atoms with E-state index in [1.54, 1.807) is 12.3 Å². The van der Waals surface area contributed by atoms with Gasteiger partial charge in [0, 0.05) is 17.4 Å². The second-order valence-corrected chi connectivity index (χ2v) is 6.57. The molecule has 4 heteroatoms. The minimum absolute atomic E-state index is 0.108. The van der Waals surface area contributed by atoms with Gasteiger partial charge in [-0.05, 0) is 59.2 Å². The monoisotopic (exact) mass is 332 g/mol. The molecule has 0 radical (unpaired) electrons. The number of nitrogens with zero attached hydrogens (tertiary/aromatic N) is 1. The van der Waals surface area contributed by atoms with E-state index in [-0.39, 0.29) is 5.91 Å². The number of thioether (sulfide) groups is 1. The summed E-state index contributed by atoms with van der Waals surface area (Å²) >= 11 is 1.52. The largest absolute Gasteiger partial charge is 0.322 e. The maximum atomic E-state index is 12.5. The molecular weight excluding hydrogens is 316 g/mol. The molecule has 0 bridgehead atoms. The number of hydrogen-bond acceptors (Lipinski definition) is 3. The van der Waals surface area contributed by atoms with Crippen molar-refractivity contribution in [2.24, 2.45) is 0 Å². The number of carbonyl (C=O) groups is 1. The molecule has 2 aromatic carbocycles. The van der Waals surface area contributed by atoms with Gasteiger partial charge in [-0.2, -0.15) is 0 Å². The maximum absolute atomic E-state index is 12.5. The van der Waals surface area contributed by atoms with Crippen LogP contribution in [0.25, 0.3) is 11.1 Å². The molecule has 1 aliphatic rings. The number of benzene rings is 2. The lowest BCUT2D eigenvalue weighted by Crippen LogP contribution is -2.12. The van der Waals surface area contributed by atoms with Gasteiger partial charge in [0.2, 0.25) is 0 Å². The van der Waals surface area contributed by atoms with Gasteiger partial charge in [-0.25, -0.2) is 4.98 Å². The third-order valence-corrected chi connectivity index (χ3v) is 4.90. The maximum Gasteiger partial charge on any atom is 0.255 e. The Balaban J connectivity index is 1.58. The number of rotatable bonds is 3. The highest BCUT2D eigenvalue weighted by Crippen LogP contribution is 2.37. The number of aromatic nitrogens is 1. The van der Waals surface area contributed by atoms with Crippen molar-refractivity contribution in [2.75, 3.05) is 11.6 Å². The van der Waals surface area contributed by atoms with Crippen LogP contribution in [0.1, 0.15) is 21.5 Å². The zero-order chi connectivity index (χ0) is 16.5. The number of anilines is 1. The van der Waals surface area contributed by atoms with Crippen LogP contribution >= 0.6 is 11.8 Å². The third kappa shape index (κ3) is 2.69. The molecule has 1 amide bonds. The molecule has 4 rings (SSSR count). The van der Waals surface area contributed by atoms with E-state index >= 15 is 0 Å². The van der Waals surface area contributed by atoms with Gasteiger partial charge in [0.05, 0.1) is 5.03 Å². The molecule has 0 atom stereocenters. The van der Waals surface area contributed by atoms with Crippen molar-refractivity contribution in [3.8, 4) is 11.1 Å². The summed E-state index contributed by atoms with van der Waals surface area (Å²) in [5.74, 6) is -0.108. The Hall–Kier alpha value is -2.59. The summed E-state index contributed by atoms with van der Waals surface area (Å²) in [5, 5.41) is 3.83. The molecule has 1 aromatic heterocycles. The first-order chi connectivity index (χ1) is 11.7. The fourth-order valence-electron chi connectivity index (χ4n) is 3.09. The van der Waals surface area contributed by atoms with Crippen LogP contribution in [-0.2, 0) is 6.42 Å². The van der Waals surface area contributed by atoms with Gasteiger partial charge in [0.15, 0.2) is 0 Å². The van der Waals surface area contributed by atoms with Crippen LogP contribution in [0.3, 0.4) is 0 Å². The van der Waals surface area contributed by atoms with Crippen LogP contribution in [0.2, 0.25) is 0 Å². The summed E-state index contributed by atoms with van der Waals surface area (Å²) in [6, 6.07) is 18.1. The normalized spacial score (nSPS) is 11.7. The van der Waals surface area contributed by atoms with Gasteiger partial charge in [-0.1, -0.05) is 30.3 Å². The number of nitrogens with one attached hydrogen (secondary N) is 1. The van der Waals surface area contributed by atoms with E-state index in [4.69, 9.17) is 0 Å². The molecule has 24 heavy (non-hydrogen) atoms. The third-order valence-electron chi connectivity index (χ3n) is 4.26. The van der Waals surface area contributed by atoms with Gasteiger partial charge in [-0.3, -0.25) is 4.79 Å². The number of hydrogen-bond donors (Lipinski definition) is 1. The summed E-state index contributed by atoms with van der Waals surface area (Å²) in [6.45, 7) is 0. The van der Waals surface area contributed by atoms with Gasteiger partial charge < -0.3 is 5.32 Å². The van der Waals surface area contributed by atoms with Crippen LogP contribution in [0, 0.1) is 0 Å². The highest BCUT2D eigenvalue weighted by atomic mass is 32.2. The average molecular weight is 332 g/mol. The van der Waals surface area contributed by atoms with Crippen LogP contribution in [0.4, 0.5) is 5.69 Å². The molecule has 0 unspecified atom stereocenters. The summed E-state index contributed by atoms with van der Waals surface area (Å²) in [6.07, 6.45) is 4.53. The van der Waals surface area contributed by atoms with Gasteiger partial charge in [0.25, 0.3) is 5.91 Å². The molecule has 1 heterocycles. The molecule has 118 valence electrons. The molecule has 0 saturated carbocycles. The first-order valence-corrected chi connectivity index (χ1v) is 8.99. The smallest absolute Gasteiger partial charge is 0.255 e. The molecule has 3 aromatic rings. The molecule has 0 aliphatic heterocycles. The Bertz CT molecular complexity index is 936. The lowest BCUT2D eigenvalue weighted by molar-refractivity contribution is 0.102. The van der Waals surface area contributed by atoms with Gasteiger partial charge in [-0.15, -0.1) is 11.8 Å². The van der Waals surface area contributed by atoms with E-state index in [2.05, 4.69) is 46.7 Å². The lowest BCUT2D eigenvalue weighted by atomic mass is 10.1. The van der Waals surface area contributed by atoms with Crippen molar-refractivity contribution in [1.29, 1.82) is 0 Å². The standard InChI is InChI=1S/C20H16N2OS/c1-24-19-12-14(8-9-21-19)20(23)22-16-6-7-18-15(11-16)10-13-4-2-3-5-17(13)18/h2-9,11-12H,10H2,1H3,(H,22,23). The molecule has 0 spiro atoms.